The first-order chi connectivity index (χ1) is 11.0. The summed E-state index contributed by atoms with van der Waals surface area (Å²) in [5.41, 5.74) is 2.27. The molecule has 0 saturated heterocycles. The zero-order valence-electron chi connectivity index (χ0n) is 12.7. The van der Waals surface area contributed by atoms with Gasteiger partial charge in [0.15, 0.2) is 0 Å². The van der Waals surface area contributed by atoms with Crippen molar-refractivity contribution in [2.24, 2.45) is 7.05 Å². The second-order valence-corrected chi connectivity index (χ2v) is 7.59. The van der Waals surface area contributed by atoms with Gasteiger partial charge in [-0.3, -0.25) is 0 Å². The second kappa shape index (κ2) is 6.35. The van der Waals surface area contributed by atoms with E-state index in [0.717, 1.165) is 16.5 Å². The molecular formula is C17H17ClN2O2S. The van der Waals surface area contributed by atoms with Gasteiger partial charge in [0.05, 0.1) is 4.90 Å². The summed E-state index contributed by atoms with van der Waals surface area (Å²) in [5.74, 6) is 0. The van der Waals surface area contributed by atoms with Crippen LogP contribution in [0.2, 0.25) is 5.02 Å². The van der Waals surface area contributed by atoms with Crippen LogP contribution in [0.4, 0.5) is 0 Å². The minimum absolute atomic E-state index is 0.222. The third-order valence-corrected chi connectivity index (χ3v) is 5.52. The maximum Gasteiger partial charge on any atom is 0.240 e. The summed E-state index contributed by atoms with van der Waals surface area (Å²) >= 11 is 5.79. The SMILES string of the molecule is Cn1cc(CCNS(=O)(=O)c2ccc(Cl)cc2)c2ccccc21. The third-order valence-electron chi connectivity index (χ3n) is 3.79. The Morgan fingerprint density at radius 3 is 2.52 bits per heavy atom. The summed E-state index contributed by atoms with van der Waals surface area (Å²) in [7, 11) is -1.52. The van der Waals surface area contributed by atoms with Crippen molar-refractivity contribution in [3.63, 3.8) is 0 Å². The molecule has 0 aliphatic heterocycles. The highest BCUT2D eigenvalue weighted by atomic mass is 35.5. The number of aromatic nitrogens is 1. The smallest absolute Gasteiger partial charge is 0.240 e. The molecule has 6 heteroatoms. The summed E-state index contributed by atoms with van der Waals surface area (Å²) in [6, 6.07) is 14.2. The van der Waals surface area contributed by atoms with E-state index in [9.17, 15) is 8.42 Å². The first-order valence-corrected chi connectivity index (χ1v) is 9.12. The van der Waals surface area contributed by atoms with Crippen molar-refractivity contribution in [3.8, 4) is 0 Å². The molecule has 3 rings (SSSR count). The Morgan fingerprint density at radius 1 is 1.09 bits per heavy atom. The van der Waals surface area contributed by atoms with Gasteiger partial charge in [0.2, 0.25) is 10.0 Å². The zero-order chi connectivity index (χ0) is 16.4. The van der Waals surface area contributed by atoms with Crippen molar-refractivity contribution in [2.45, 2.75) is 11.3 Å². The third kappa shape index (κ3) is 3.42. The monoisotopic (exact) mass is 348 g/mol. The Bertz CT molecular complexity index is 931. The molecule has 1 aromatic heterocycles. The molecule has 0 amide bonds. The lowest BCUT2D eigenvalue weighted by Crippen LogP contribution is -2.25. The summed E-state index contributed by atoms with van der Waals surface area (Å²) in [5, 5.41) is 1.67. The standard InChI is InChI=1S/C17H17ClN2O2S/c1-20-12-13(16-4-2-3-5-17(16)20)10-11-19-23(21,22)15-8-6-14(18)7-9-15/h2-9,12,19H,10-11H2,1H3. The van der Waals surface area contributed by atoms with E-state index in [1.54, 1.807) is 12.1 Å². The number of benzene rings is 2. The molecule has 2 aromatic carbocycles. The molecule has 0 radical (unpaired) electrons. The Hall–Kier alpha value is -1.82. The highest BCUT2D eigenvalue weighted by Gasteiger charge is 2.14. The summed E-state index contributed by atoms with van der Waals surface area (Å²) < 4.78 is 29.2. The molecule has 1 N–H and O–H groups in total. The van der Waals surface area contributed by atoms with Crippen LogP contribution in [0.5, 0.6) is 0 Å². The predicted octanol–water partition coefficient (Wildman–Crippen LogP) is 3.35. The number of para-hydroxylation sites is 1. The van der Waals surface area contributed by atoms with Crippen LogP contribution >= 0.6 is 11.6 Å². The lowest BCUT2D eigenvalue weighted by molar-refractivity contribution is 0.581. The molecule has 0 unspecified atom stereocenters. The zero-order valence-corrected chi connectivity index (χ0v) is 14.2. The molecule has 120 valence electrons. The Morgan fingerprint density at radius 2 is 1.78 bits per heavy atom. The lowest BCUT2D eigenvalue weighted by atomic mass is 10.1. The first-order valence-electron chi connectivity index (χ1n) is 7.25. The van der Waals surface area contributed by atoms with Gasteiger partial charge in [0.1, 0.15) is 0 Å². The van der Waals surface area contributed by atoms with Crippen LogP contribution in [0.15, 0.2) is 59.6 Å². The molecule has 23 heavy (non-hydrogen) atoms. The maximum absolute atomic E-state index is 12.2. The summed E-state index contributed by atoms with van der Waals surface area (Å²) in [4.78, 5) is 0.222. The van der Waals surface area contributed by atoms with Gasteiger partial charge in [-0.1, -0.05) is 29.8 Å². The Labute approximate surface area is 140 Å². The molecule has 0 aliphatic rings. The van der Waals surface area contributed by atoms with Gasteiger partial charge in [-0.2, -0.15) is 0 Å². The van der Waals surface area contributed by atoms with Crippen LogP contribution in [-0.2, 0) is 23.5 Å². The number of halogens is 1. The van der Waals surface area contributed by atoms with E-state index in [2.05, 4.69) is 21.4 Å². The fourth-order valence-corrected chi connectivity index (χ4v) is 3.80. The fraction of sp³-hybridized carbons (Fsp3) is 0.176. The summed E-state index contributed by atoms with van der Waals surface area (Å²) in [6.07, 6.45) is 2.68. The summed E-state index contributed by atoms with van der Waals surface area (Å²) in [6.45, 7) is 0.346. The highest BCUT2D eigenvalue weighted by Crippen LogP contribution is 2.20. The number of nitrogens with zero attached hydrogens (tertiary/aromatic N) is 1. The van der Waals surface area contributed by atoms with E-state index in [1.165, 1.54) is 12.1 Å². The largest absolute Gasteiger partial charge is 0.350 e. The van der Waals surface area contributed by atoms with Gasteiger partial charge < -0.3 is 4.57 Å². The van der Waals surface area contributed by atoms with E-state index in [4.69, 9.17) is 11.6 Å². The van der Waals surface area contributed by atoms with Gasteiger partial charge in [-0.25, -0.2) is 13.1 Å². The molecule has 0 atom stereocenters. The number of aryl methyl sites for hydroxylation is 1. The van der Waals surface area contributed by atoms with Crippen LogP contribution in [0.25, 0.3) is 10.9 Å². The number of hydrogen-bond donors (Lipinski definition) is 1. The Kier molecular flexibility index (Phi) is 4.43. The van der Waals surface area contributed by atoms with Crippen LogP contribution in [0, 0.1) is 0 Å². The molecule has 0 aliphatic carbocycles. The first kappa shape index (κ1) is 16.1. The predicted molar refractivity (Wildman–Crippen MR) is 93.3 cm³/mol. The molecule has 1 heterocycles. The van der Waals surface area contributed by atoms with E-state index in [1.807, 2.05) is 25.4 Å². The van der Waals surface area contributed by atoms with Crippen molar-refractivity contribution < 1.29 is 8.42 Å². The molecule has 0 spiro atoms. The van der Waals surface area contributed by atoms with E-state index in [0.29, 0.717) is 18.0 Å². The van der Waals surface area contributed by atoms with Gasteiger partial charge in [-0.15, -0.1) is 0 Å². The number of fused-ring (bicyclic) bond motifs is 1. The molecular weight excluding hydrogens is 332 g/mol. The van der Waals surface area contributed by atoms with Crippen LogP contribution in [0.1, 0.15) is 5.56 Å². The second-order valence-electron chi connectivity index (χ2n) is 5.38. The van der Waals surface area contributed by atoms with Crippen LogP contribution < -0.4 is 4.72 Å². The minimum atomic E-state index is -3.51. The number of hydrogen-bond acceptors (Lipinski definition) is 2. The molecule has 0 bridgehead atoms. The minimum Gasteiger partial charge on any atom is -0.350 e. The van der Waals surface area contributed by atoms with Crippen molar-refractivity contribution >= 4 is 32.5 Å². The van der Waals surface area contributed by atoms with Gasteiger partial charge >= 0.3 is 0 Å². The van der Waals surface area contributed by atoms with Crippen LogP contribution in [-0.4, -0.2) is 19.5 Å². The molecule has 0 fully saturated rings. The molecule has 3 aromatic rings. The van der Waals surface area contributed by atoms with E-state index >= 15 is 0 Å². The van der Waals surface area contributed by atoms with Crippen molar-refractivity contribution in [3.05, 3.63) is 65.3 Å². The average Bonchev–Trinajstić information content (AvgIpc) is 2.85. The lowest BCUT2D eigenvalue weighted by Gasteiger charge is -2.06. The topological polar surface area (TPSA) is 51.1 Å². The average molecular weight is 349 g/mol. The quantitative estimate of drug-likeness (QED) is 0.768. The Balaban J connectivity index is 1.72. The highest BCUT2D eigenvalue weighted by molar-refractivity contribution is 7.89. The van der Waals surface area contributed by atoms with Gasteiger partial charge in [0, 0.05) is 35.7 Å². The van der Waals surface area contributed by atoms with E-state index < -0.39 is 10.0 Å². The molecule has 0 saturated carbocycles. The van der Waals surface area contributed by atoms with Gasteiger partial charge in [0.25, 0.3) is 0 Å². The van der Waals surface area contributed by atoms with Gasteiger partial charge in [-0.05, 0) is 42.3 Å². The van der Waals surface area contributed by atoms with Crippen molar-refractivity contribution in [1.82, 2.24) is 9.29 Å². The number of sulfonamides is 1. The van der Waals surface area contributed by atoms with Crippen molar-refractivity contribution in [2.75, 3.05) is 6.54 Å². The maximum atomic E-state index is 12.2. The fourth-order valence-electron chi connectivity index (χ4n) is 2.64. The number of nitrogens with one attached hydrogen (secondary N) is 1. The number of rotatable bonds is 5. The van der Waals surface area contributed by atoms with Crippen LogP contribution in [0.3, 0.4) is 0 Å². The molecule has 4 nitrogen and oxygen atoms in total. The van der Waals surface area contributed by atoms with Crippen molar-refractivity contribution in [1.29, 1.82) is 0 Å². The normalized spacial score (nSPS) is 11.9. The van der Waals surface area contributed by atoms with E-state index in [-0.39, 0.29) is 4.90 Å².